The summed E-state index contributed by atoms with van der Waals surface area (Å²) in [7, 11) is 0. The van der Waals surface area contributed by atoms with E-state index in [0.717, 1.165) is 38.1 Å². The highest BCUT2D eigenvalue weighted by Gasteiger charge is 2.49. The number of hydrogen-bond donors (Lipinski definition) is 0. The highest BCUT2D eigenvalue weighted by molar-refractivity contribution is 9.10. The summed E-state index contributed by atoms with van der Waals surface area (Å²) in [6.45, 7) is 10.5. The third kappa shape index (κ3) is 3.01. The zero-order valence-electron chi connectivity index (χ0n) is 15.9. The molecule has 1 amide bonds. The number of benzene rings is 2. The van der Waals surface area contributed by atoms with Gasteiger partial charge in [-0.3, -0.25) is 0 Å². The zero-order chi connectivity index (χ0) is 19.3. The summed E-state index contributed by atoms with van der Waals surface area (Å²) in [6.07, 6.45) is 0.962. The highest BCUT2D eigenvalue weighted by Crippen LogP contribution is 2.50. The fraction of sp³-hybridized carbons (Fsp3) is 0.318. The maximum atomic E-state index is 12.7. The van der Waals surface area contributed by atoms with Crippen LogP contribution in [0.2, 0.25) is 0 Å². The topological polar surface area (TPSA) is 40.1 Å². The lowest BCUT2D eigenvalue weighted by Gasteiger charge is -2.41. The minimum atomic E-state index is -1.08. The number of amides is 1. The van der Waals surface area contributed by atoms with Crippen molar-refractivity contribution in [3.63, 3.8) is 0 Å². The highest BCUT2D eigenvalue weighted by atomic mass is 79.9. The number of allylic oxidation sites excluding steroid dienone is 1. The van der Waals surface area contributed by atoms with E-state index in [1.165, 1.54) is 0 Å². The third-order valence-electron chi connectivity index (χ3n) is 4.97. The van der Waals surface area contributed by atoms with Crippen LogP contribution in [-0.4, -0.2) is 6.09 Å². The van der Waals surface area contributed by atoms with Crippen molar-refractivity contribution in [2.75, 3.05) is 0 Å². The molecular formula is C22H24BrNO2. The number of fused-ring (bicyclic) bond motifs is 1. The maximum Gasteiger partial charge on any atom is 0.268 e. The van der Waals surface area contributed by atoms with Gasteiger partial charge in [-0.1, -0.05) is 54.9 Å². The van der Waals surface area contributed by atoms with E-state index in [0.29, 0.717) is 6.54 Å². The summed E-state index contributed by atoms with van der Waals surface area (Å²) in [5.74, 6) is 0. The van der Waals surface area contributed by atoms with Crippen molar-refractivity contribution < 1.29 is 9.90 Å². The van der Waals surface area contributed by atoms with Gasteiger partial charge in [0.1, 0.15) is 12.2 Å². The molecule has 0 saturated carbocycles. The quantitative estimate of drug-likeness (QED) is 0.625. The molecule has 3 rings (SSSR count). The maximum absolute atomic E-state index is 12.7. The van der Waals surface area contributed by atoms with Crippen molar-refractivity contribution >= 4 is 33.8 Å². The number of aryl methyl sites for hydroxylation is 2. The molecule has 136 valence electrons. The summed E-state index contributed by atoms with van der Waals surface area (Å²) in [5, 5.41) is 12.7. The second-order valence-corrected chi connectivity index (χ2v) is 9.08. The van der Waals surface area contributed by atoms with Gasteiger partial charge in [0, 0.05) is 32.7 Å². The molecule has 0 N–H and O–H groups in total. The Morgan fingerprint density at radius 3 is 2.27 bits per heavy atom. The first kappa shape index (κ1) is 18.9. The molecule has 1 aliphatic rings. The lowest BCUT2D eigenvalue weighted by atomic mass is 9.89. The molecule has 0 aromatic heterocycles. The Balaban J connectivity index is 2.29. The van der Waals surface area contributed by atoms with Crippen molar-refractivity contribution in [2.24, 2.45) is 5.41 Å². The number of nitrogens with zero attached hydrogens (tertiary/aromatic N) is 1. The molecule has 0 saturated heterocycles. The van der Waals surface area contributed by atoms with Crippen LogP contribution in [0.25, 0.3) is 6.08 Å². The SMILES string of the molecule is Cc1cc(C)c2c(c1)C=C(C(C)(C)C)[N+]2(Cc1ccc(Br)cc1)C(=O)[O-]. The van der Waals surface area contributed by atoms with Crippen LogP contribution in [0.4, 0.5) is 10.5 Å². The van der Waals surface area contributed by atoms with Crippen LogP contribution < -0.4 is 9.59 Å². The fourth-order valence-corrected chi connectivity index (χ4v) is 4.34. The second-order valence-electron chi connectivity index (χ2n) is 8.16. The lowest BCUT2D eigenvalue weighted by Crippen LogP contribution is -2.59. The molecule has 26 heavy (non-hydrogen) atoms. The largest absolute Gasteiger partial charge is 0.498 e. The van der Waals surface area contributed by atoms with Crippen molar-refractivity contribution in [1.82, 2.24) is 4.48 Å². The minimum Gasteiger partial charge on any atom is -0.498 e. The zero-order valence-corrected chi connectivity index (χ0v) is 17.5. The van der Waals surface area contributed by atoms with Gasteiger partial charge in [0.2, 0.25) is 0 Å². The Morgan fingerprint density at radius 2 is 1.73 bits per heavy atom. The number of carbonyl (C=O) groups is 1. The molecule has 0 spiro atoms. The van der Waals surface area contributed by atoms with Gasteiger partial charge in [-0.15, -0.1) is 0 Å². The van der Waals surface area contributed by atoms with Gasteiger partial charge in [0.15, 0.2) is 5.69 Å². The number of carbonyl (C=O) groups excluding carboxylic acids is 1. The van der Waals surface area contributed by atoms with Crippen molar-refractivity contribution in [3.8, 4) is 0 Å². The van der Waals surface area contributed by atoms with Gasteiger partial charge in [-0.05, 0) is 37.6 Å². The Morgan fingerprint density at radius 1 is 1.12 bits per heavy atom. The van der Waals surface area contributed by atoms with E-state index in [1.807, 2.05) is 44.2 Å². The molecule has 0 aliphatic carbocycles. The van der Waals surface area contributed by atoms with Gasteiger partial charge in [0.25, 0.3) is 6.09 Å². The van der Waals surface area contributed by atoms with E-state index in [-0.39, 0.29) is 9.90 Å². The van der Waals surface area contributed by atoms with Crippen molar-refractivity contribution in [2.45, 2.75) is 41.2 Å². The monoisotopic (exact) mass is 413 g/mol. The van der Waals surface area contributed by atoms with Gasteiger partial charge in [0.05, 0.1) is 0 Å². The Labute approximate surface area is 163 Å². The number of hydrogen-bond acceptors (Lipinski definition) is 2. The smallest absolute Gasteiger partial charge is 0.268 e. The van der Waals surface area contributed by atoms with Crippen LogP contribution in [0.15, 0.2) is 46.6 Å². The summed E-state index contributed by atoms with van der Waals surface area (Å²) >= 11 is 3.44. The van der Waals surface area contributed by atoms with E-state index in [9.17, 15) is 9.90 Å². The Bertz CT molecular complexity index is 907. The number of quaternary nitrogens is 1. The predicted molar refractivity (Wildman–Crippen MR) is 108 cm³/mol. The van der Waals surface area contributed by atoms with Crippen LogP contribution in [-0.2, 0) is 6.54 Å². The van der Waals surface area contributed by atoms with Gasteiger partial charge in [-0.2, -0.15) is 0 Å². The summed E-state index contributed by atoms with van der Waals surface area (Å²) in [6, 6.07) is 11.9. The van der Waals surface area contributed by atoms with Crippen molar-refractivity contribution in [3.05, 3.63) is 68.8 Å². The van der Waals surface area contributed by atoms with Gasteiger partial charge >= 0.3 is 0 Å². The Hall–Kier alpha value is -1.91. The molecule has 0 radical (unpaired) electrons. The van der Waals surface area contributed by atoms with Crippen LogP contribution in [0, 0.1) is 19.3 Å². The van der Waals surface area contributed by atoms with Gasteiger partial charge < -0.3 is 9.90 Å². The molecule has 1 aliphatic heterocycles. The first-order valence-electron chi connectivity index (χ1n) is 8.74. The van der Waals surface area contributed by atoms with E-state index < -0.39 is 6.09 Å². The fourth-order valence-electron chi connectivity index (χ4n) is 4.07. The summed E-state index contributed by atoms with van der Waals surface area (Å²) in [4.78, 5) is 12.7. The van der Waals surface area contributed by atoms with Gasteiger partial charge in [-0.25, -0.2) is 4.48 Å². The summed E-state index contributed by atoms with van der Waals surface area (Å²) < 4.78 is 0.702. The molecule has 1 heterocycles. The molecule has 2 aromatic carbocycles. The molecule has 0 fully saturated rings. The average Bonchev–Trinajstić information content (AvgIpc) is 2.85. The lowest BCUT2D eigenvalue weighted by molar-refractivity contribution is -0.263. The van der Waals surface area contributed by atoms with E-state index in [1.54, 1.807) is 0 Å². The van der Waals surface area contributed by atoms with Crippen LogP contribution in [0.5, 0.6) is 0 Å². The number of rotatable bonds is 2. The first-order chi connectivity index (χ1) is 12.1. The molecule has 2 aromatic rings. The Kier molecular flexibility index (Phi) is 4.62. The molecular weight excluding hydrogens is 390 g/mol. The van der Waals surface area contributed by atoms with Crippen LogP contribution in [0.3, 0.4) is 0 Å². The standard InChI is InChI=1S/C22H24BrNO2/c1-14-10-15(2)20-17(11-14)12-19(22(3,4)5)24(20,21(25)26)13-16-6-8-18(23)9-7-16/h6-12H,13H2,1-5H3. The third-order valence-corrected chi connectivity index (χ3v) is 5.50. The molecule has 1 atom stereocenters. The molecule has 4 heteroatoms. The summed E-state index contributed by atoms with van der Waals surface area (Å²) in [5.41, 5.74) is 5.42. The van der Waals surface area contributed by atoms with E-state index >= 15 is 0 Å². The van der Waals surface area contributed by atoms with Crippen molar-refractivity contribution in [1.29, 1.82) is 0 Å². The minimum absolute atomic E-state index is 0.271. The molecule has 3 nitrogen and oxygen atoms in total. The normalized spacial score (nSPS) is 19.2. The average molecular weight is 414 g/mol. The number of halogens is 1. The second kappa shape index (κ2) is 6.36. The van der Waals surface area contributed by atoms with E-state index in [4.69, 9.17) is 0 Å². The predicted octanol–water partition coefficient (Wildman–Crippen LogP) is 5.32. The van der Waals surface area contributed by atoms with E-state index in [2.05, 4.69) is 48.8 Å². The first-order valence-corrected chi connectivity index (χ1v) is 9.53. The van der Waals surface area contributed by atoms with Crippen LogP contribution in [0.1, 0.15) is 43.0 Å². The van der Waals surface area contributed by atoms with Crippen LogP contribution >= 0.6 is 15.9 Å². The molecule has 0 bridgehead atoms. The number of carboxylic acid groups (broad SMARTS) is 1. The molecule has 1 unspecified atom stereocenters.